The highest BCUT2D eigenvalue weighted by molar-refractivity contribution is 7.92. The van der Waals surface area contributed by atoms with Crippen LogP contribution in [-0.2, 0) is 21.2 Å². The van der Waals surface area contributed by atoms with Crippen molar-refractivity contribution in [3.63, 3.8) is 0 Å². The number of rotatable bonds is 8. The molecule has 1 amide bonds. The van der Waals surface area contributed by atoms with Gasteiger partial charge in [-0.2, -0.15) is 0 Å². The second kappa shape index (κ2) is 10.0. The lowest BCUT2D eigenvalue weighted by Crippen LogP contribution is -2.33. The lowest BCUT2D eigenvalue weighted by Gasteiger charge is -2.15. The Kier molecular flexibility index (Phi) is 7.59. The first-order valence-corrected chi connectivity index (χ1v) is 12.5. The zero-order valence-corrected chi connectivity index (χ0v) is 20.3. The first-order chi connectivity index (χ1) is 15.1. The van der Waals surface area contributed by atoms with Crippen molar-refractivity contribution in [1.82, 2.24) is 20.1 Å². The smallest absolute Gasteiger partial charge is 0.250 e. The molecule has 0 aliphatic rings. The van der Waals surface area contributed by atoms with Crippen LogP contribution in [0, 0.1) is 6.92 Å². The van der Waals surface area contributed by atoms with E-state index >= 15 is 0 Å². The minimum Gasteiger partial charge on any atom is -0.349 e. The maximum absolute atomic E-state index is 13.0. The van der Waals surface area contributed by atoms with Gasteiger partial charge in [-0.15, -0.1) is 10.2 Å². The maximum Gasteiger partial charge on any atom is 0.250 e. The van der Waals surface area contributed by atoms with E-state index in [1.807, 2.05) is 38.1 Å². The molecule has 170 valence electrons. The average Bonchev–Trinajstić information content (AvgIpc) is 3.14. The summed E-state index contributed by atoms with van der Waals surface area (Å²) in [5.74, 6) is -0.931. The summed E-state index contributed by atoms with van der Waals surface area (Å²) in [5, 5.41) is 11.3. The standard InChI is InChI=1S/C22H24Cl2N4O3S/c1-4-10-28-21(17-7-5-6-14(2)11-17)26-27-22(28)32(30,31)13-20(29)25-15(3)16-8-9-18(23)19(24)12-16/h5-9,11-12,15H,4,10,13H2,1-3H3,(H,25,29). The second-order valence-electron chi connectivity index (χ2n) is 7.55. The summed E-state index contributed by atoms with van der Waals surface area (Å²) >= 11 is 12.0. The summed E-state index contributed by atoms with van der Waals surface area (Å²) in [4.78, 5) is 12.6. The number of amides is 1. The molecule has 1 atom stereocenters. The number of aromatic nitrogens is 3. The SMILES string of the molecule is CCCn1c(-c2cccc(C)c2)nnc1S(=O)(=O)CC(=O)NC(C)c1ccc(Cl)c(Cl)c1. The zero-order chi connectivity index (χ0) is 23.5. The van der Waals surface area contributed by atoms with Crippen molar-refractivity contribution >= 4 is 38.9 Å². The number of carbonyl (C=O) groups is 1. The highest BCUT2D eigenvalue weighted by Crippen LogP contribution is 2.26. The third kappa shape index (κ3) is 5.49. The molecular weight excluding hydrogens is 471 g/mol. The predicted octanol–water partition coefficient (Wildman–Crippen LogP) is 4.62. The molecule has 0 fully saturated rings. The maximum atomic E-state index is 13.0. The monoisotopic (exact) mass is 494 g/mol. The van der Waals surface area contributed by atoms with Gasteiger partial charge < -0.3 is 5.32 Å². The molecule has 0 radical (unpaired) electrons. The number of halogens is 2. The predicted molar refractivity (Wildman–Crippen MR) is 126 cm³/mol. The molecule has 1 unspecified atom stereocenters. The molecule has 1 heterocycles. The van der Waals surface area contributed by atoms with Gasteiger partial charge in [-0.25, -0.2) is 8.42 Å². The van der Waals surface area contributed by atoms with Crippen LogP contribution < -0.4 is 5.32 Å². The lowest BCUT2D eigenvalue weighted by molar-refractivity contribution is -0.119. The van der Waals surface area contributed by atoms with Crippen molar-refractivity contribution in [2.75, 3.05) is 5.75 Å². The largest absolute Gasteiger partial charge is 0.349 e. The van der Waals surface area contributed by atoms with Crippen LogP contribution in [0.4, 0.5) is 0 Å². The Balaban J connectivity index is 1.82. The first kappa shape index (κ1) is 24.2. The van der Waals surface area contributed by atoms with Crippen LogP contribution in [0.1, 0.15) is 37.4 Å². The van der Waals surface area contributed by atoms with E-state index in [4.69, 9.17) is 23.2 Å². The quantitative estimate of drug-likeness (QED) is 0.492. The van der Waals surface area contributed by atoms with Gasteiger partial charge in [0.05, 0.1) is 16.1 Å². The van der Waals surface area contributed by atoms with E-state index in [0.29, 0.717) is 34.4 Å². The van der Waals surface area contributed by atoms with E-state index in [2.05, 4.69) is 15.5 Å². The molecule has 0 aliphatic carbocycles. The average molecular weight is 495 g/mol. The van der Waals surface area contributed by atoms with Crippen LogP contribution in [0.5, 0.6) is 0 Å². The van der Waals surface area contributed by atoms with Crippen LogP contribution in [0.15, 0.2) is 47.6 Å². The van der Waals surface area contributed by atoms with Gasteiger partial charge in [0.2, 0.25) is 15.7 Å². The molecule has 0 bridgehead atoms. The van der Waals surface area contributed by atoms with E-state index in [9.17, 15) is 13.2 Å². The minimum atomic E-state index is -4.02. The number of sulfone groups is 1. The zero-order valence-electron chi connectivity index (χ0n) is 18.0. The molecule has 2 aromatic carbocycles. The molecule has 3 aromatic rings. The van der Waals surface area contributed by atoms with Crippen LogP contribution in [0.2, 0.25) is 10.0 Å². The van der Waals surface area contributed by atoms with Crippen molar-refractivity contribution in [1.29, 1.82) is 0 Å². The summed E-state index contributed by atoms with van der Waals surface area (Å²) in [6.45, 7) is 6.02. The molecular formula is C22H24Cl2N4O3S. The van der Waals surface area contributed by atoms with Gasteiger partial charge in [-0.05, 0) is 44.0 Å². The fraction of sp³-hybridized carbons (Fsp3) is 0.318. The number of aryl methyl sites for hydroxylation is 1. The summed E-state index contributed by atoms with van der Waals surface area (Å²) in [6.07, 6.45) is 0.680. The summed E-state index contributed by atoms with van der Waals surface area (Å²) in [6, 6.07) is 12.1. The van der Waals surface area contributed by atoms with E-state index in [0.717, 1.165) is 11.1 Å². The Morgan fingerprint density at radius 1 is 1.12 bits per heavy atom. The van der Waals surface area contributed by atoms with Crippen molar-refractivity contribution in [2.45, 2.75) is 44.9 Å². The fourth-order valence-electron chi connectivity index (χ4n) is 3.33. The molecule has 1 N–H and O–H groups in total. The van der Waals surface area contributed by atoms with Crippen molar-refractivity contribution in [3.8, 4) is 11.4 Å². The minimum absolute atomic E-state index is 0.215. The highest BCUT2D eigenvalue weighted by Gasteiger charge is 2.28. The third-order valence-electron chi connectivity index (χ3n) is 4.86. The Bertz CT molecular complexity index is 1240. The van der Waals surface area contributed by atoms with E-state index < -0.39 is 27.5 Å². The molecule has 0 saturated heterocycles. The van der Waals surface area contributed by atoms with Gasteiger partial charge in [0, 0.05) is 12.1 Å². The first-order valence-electron chi connectivity index (χ1n) is 10.1. The lowest BCUT2D eigenvalue weighted by atomic mass is 10.1. The molecule has 0 aliphatic heterocycles. The number of nitrogens with zero attached hydrogens (tertiary/aromatic N) is 3. The Morgan fingerprint density at radius 2 is 1.88 bits per heavy atom. The number of carbonyl (C=O) groups excluding carboxylic acids is 1. The van der Waals surface area contributed by atoms with Gasteiger partial charge in [0.15, 0.2) is 5.82 Å². The highest BCUT2D eigenvalue weighted by atomic mass is 35.5. The van der Waals surface area contributed by atoms with Crippen LogP contribution >= 0.6 is 23.2 Å². The molecule has 10 heteroatoms. The molecule has 7 nitrogen and oxygen atoms in total. The Morgan fingerprint density at radius 3 is 2.53 bits per heavy atom. The number of nitrogens with one attached hydrogen (secondary N) is 1. The molecule has 3 rings (SSSR count). The van der Waals surface area contributed by atoms with Gasteiger partial charge in [-0.1, -0.05) is 60.0 Å². The Hall–Kier alpha value is -2.42. The van der Waals surface area contributed by atoms with Crippen molar-refractivity contribution < 1.29 is 13.2 Å². The normalized spacial score (nSPS) is 12.5. The van der Waals surface area contributed by atoms with Crippen LogP contribution in [0.25, 0.3) is 11.4 Å². The number of hydrogen-bond acceptors (Lipinski definition) is 5. The van der Waals surface area contributed by atoms with E-state index in [1.165, 1.54) is 0 Å². The number of benzene rings is 2. The van der Waals surface area contributed by atoms with Gasteiger partial charge >= 0.3 is 0 Å². The fourth-order valence-corrected chi connectivity index (χ4v) is 4.87. The van der Waals surface area contributed by atoms with E-state index in [1.54, 1.807) is 29.7 Å². The molecule has 1 aromatic heterocycles. The van der Waals surface area contributed by atoms with Crippen molar-refractivity contribution in [3.05, 3.63) is 63.6 Å². The van der Waals surface area contributed by atoms with E-state index in [-0.39, 0.29) is 5.16 Å². The molecule has 0 saturated carbocycles. The molecule has 0 spiro atoms. The van der Waals surface area contributed by atoms with Crippen molar-refractivity contribution in [2.24, 2.45) is 0 Å². The van der Waals surface area contributed by atoms with Crippen LogP contribution in [-0.4, -0.2) is 34.8 Å². The van der Waals surface area contributed by atoms with Gasteiger partial charge in [0.25, 0.3) is 5.16 Å². The third-order valence-corrected chi connectivity index (χ3v) is 7.10. The molecule has 32 heavy (non-hydrogen) atoms. The summed E-state index contributed by atoms with van der Waals surface area (Å²) < 4.78 is 27.6. The van der Waals surface area contributed by atoms with Gasteiger partial charge in [-0.3, -0.25) is 9.36 Å². The topological polar surface area (TPSA) is 93.9 Å². The van der Waals surface area contributed by atoms with Crippen LogP contribution in [0.3, 0.4) is 0 Å². The summed E-state index contributed by atoms with van der Waals surface area (Å²) in [7, 11) is -4.02. The number of hydrogen-bond donors (Lipinski definition) is 1. The van der Waals surface area contributed by atoms with Gasteiger partial charge in [0.1, 0.15) is 5.75 Å². The Labute approximate surface area is 197 Å². The summed E-state index contributed by atoms with van der Waals surface area (Å²) in [5.41, 5.74) is 2.50. The second-order valence-corrected chi connectivity index (χ2v) is 10.2.